The van der Waals surface area contributed by atoms with Crippen LogP contribution in [-0.2, 0) is 22.4 Å². The van der Waals surface area contributed by atoms with E-state index in [9.17, 15) is 4.79 Å². The molecule has 1 aromatic carbocycles. The molecule has 5 heteroatoms. The Morgan fingerprint density at radius 1 is 1.33 bits per heavy atom. The highest BCUT2D eigenvalue weighted by Crippen LogP contribution is 2.35. The Labute approximate surface area is 134 Å². The number of nitrogens with zero attached hydrogens (tertiary/aromatic N) is 1. The smallest absolute Gasteiger partial charge is 0.326 e. The van der Waals surface area contributed by atoms with Crippen molar-refractivity contribution in [2.24, 2.45) is 0 Å². The molecule has 1 aromatic rings. The van der Waals surface area contributed by atoms with E-state index in [1.54, 1.807) is 0 Å². The number of rotatable bonds is 2. The highest BCUT2D eigenvalue weighted by Gasteiger charge is 2.47. The second-order valence-electron chi connectivity index (χ2n) is 5.85. The number of hydrogen-bond acceptors (Lipinski definition) is 4. The molecule has 0 bridgehead atoms. The van der Waals surface area contributed by atoms with Crippen LogP contribution in [0.3, 0.4) is 0 Å². The van der Waals surface area contributed by atoms with Crippen LogP contribution in [0.4, 0.5) is 0 Å². The predicted molar refractivity (Wildman–Crippen MR) is 85.4 cm³/mol. The Bertz CT molecular complexity index is 543. The van der Waals surface area contributed by atoms with Crippen molar-refractivity contribution >= 4 is 21.9 Å². The molecule has 2 aliphatic rings. The Hall–Kier alpha value is -0.910. The van der Waals surface area contributed by atoms with Gasteiger partial charge in [-0.3, -0.25) is 9.69 Å². The number of hydrogen-bond donors (Lipinski definition) is 1. The molecule has 0 spiro atoms. The molecule has 1 atom stereocenters. The van der Waals surface area contributed by atoms with Crippen LogP contribution in [0.5, 0.6) is 0 Å². The summed E-state index contributed by atoms with van der Waals surface area (Å²) in [5, 5.41) is 3.35. The van der Waals surface area contributed by atoms with Crippen molar-refractivity contribution < 1.29 is 9.53 Å². The molecule has 0 saturated carbocycles. The van der Waals surface area contributed by atoms with Crippen molar-refractivity contribution in [2.75, 3.05) is 33.3 Å². The minimum absolute atomic E-state index is 0.0852. The third-order valence-electron chi connectivity index (χ3n) is 4.75. The molecule has 1 saturated heterocycles. The van der Waals surface area contributed by atoms with Crippen LogP contribution in [0.25, 0.3) is 0 Å². The van der Waals surface area contributed by atoms with Gasteiger partial charge in [0.25, 0.3) is 0 Å². The average Bonchev–Trinajstić information content (AvgIpc) is 2.54. The number of esters is 1. The Morgan fingerprint density at radius 3 is 2.81 bits per heavy atom. The molecule has 1 fully saturated rings. The molecule has 0 amide bonds. The van der Waals surface area contributed by atoms with Gasteiger partial charge in [-0.2, -0.15) is 0 Å². The van der Waals surface area contributed by atoms with Gasteiger partial charge in [-0.15, -0.1) is 0 Å². The minimum atomic E-state index is -0.488. The lowest BCUT2D eigenvalue weighted by molar-refractivity contribution is -0.157. The summed E-state index contributed by atoms with van der Waals surface area (Å²) in [4.78, 5) is 14.9. The maximum absolute atomic E-state index is 12.6. The van der Waals surface area contributed by atoms with Crippen molar-refractivity contribution in [3.05, 3.63) is 33.8 Å². The molecule has 3 rings (SSSR count). The zero-order chi connectivity index (χ0) is 14.9. The maximum atomic E-state index is 12.6. The number of aryl methyl sites for hydroxylation is 1. The Morgan fingerprint density at radius 2 is 2.10 bits per heavy atom. The van der Waals surface area contributed by atoms with Crippen LogP contribution in [0.15, 0.2) is 22.7 Å². The molecular formula is C16H21BrN2O2. The number of benzene rings is 1. The number of ether oxygens (including phenoxy) is 1. The largest absolute Gasteiger partial charge is 0.468 e. The van der Waals surface area contributed by atoms with E-state index < -0.39 is 5.54 Å². The van der Waals surface area contributed by atoms with Gasteiger partial charge >= 0.3 is 5.97 Å². The van der Waals surface area contributed by atoms with E-state index in [1.165, 1.54) is 18.2 Å². The van der Waals surface area contributed by atoms with Gasteiger partial charge in [-0.1, -0.05) is 22.0 Å². The van der Waals surface area contributed by atoms with E-state index >= 15 is 0 Å². The maximum Gasteiger partial charge on any atom is 0.326 e. The molecule has 1 unspecified atom stereocenters. The van der Waals surface area contributed by atoms with Crippen LogP contribution in [-0.4, -0.2) is 49.7 Å². The lowest BCUT2D eigenvalue weighted by Gasteiger charge is -2.46. The third-order valence-corrected chi connectivity index (χ3v) is 5.24. The first-order chi connectivity index (χ1) is 10.2. The summed E-state index contributed by atoms with van der Waals surface area (Å²) < 4.78 is 6.28. The van der Waals surface area contributed by atoms with Crippen molar-refractivity contribution in [1.82, 2.24) is 10.2 Å². The van der Waals surface area contributed by atoms with Gasteiger partial charge in [-0.05, 0) is 36.1 Å². The molecule has 21 heavy (non-hydrogen) atoms. The number of fused-ring (bicyclic) bond motifs is 1. The summed E-state index contributed by atoms with van der Waals surface area (Å²) >= 11 is 3.53. The molecule has 4 nitrogen and oxygen atoms in total. The first-order valence-corrected chi connectivity index (χ1v) is 8.26. The van der Waals surface area contributed by atoms with Crippen molar-refractivity contribution in [3.63, 3.8) is 0 Å². The van der Waals surface area contributed by atoms with E-state index in [-0.39, 0.29) is 5.97 Å². The summed E-state index contributed by atoms with van der Waals surface area (Å²) in [5.41, 5.74) is 2.13. The lowest BCUT2D eigenvalue weighted by Crippen LogP contribution is -2.62. The van der Waals surface area contributed by atoms with Crippen LogP contribution >= 0.6 is 15.9 Å². The predicted octanol–water partition coefficient (Wildman–Crippen LogP) is 1.75. The number of nitrogens with one attached hydrogen (secondary N) is 1. The second-order valence-corrected chi connectivity index (χ2v) is 6.77. The van der Waals surface area contributed by atoms with E-state index in [1.807, 2.05) is 0 Å². The van der Waals surface area contributed by atoms with Crippen LogP contribution in [0.1, 0.15) is 17.5 Å². The van der Waals surface area contributed by atoms with Gasteiger partial charge in [0.05, 0.1) is 7.11 Å². The van der Waals surface area contributed by atoms with Crippen molar-refractivity contribution in [2.45, 2.75) is 24.8 Å². The number of piperazine rings is 1. The zero-order valence-electron chi connectivity index (χ0n) is 12.3. The van der Waals surface area contributed by atoms with Crippen LogP contribution in [0.2, 0.25) is 0 Å². The Kier molecular flexibility index (Phi) is 4.33. The molecule has 0 aromatic heterocycles. The fourth-order valence-electron chi connectivity index (χ4n) is 3.60. The quantitative estimate of drug-likeness (QED) is 0.823. The normalized spacial score (nSPS) is 26.2. The Balaban J connectivity index is 1.94. The SMILES string of the molecule is COC(=O)C1(N2CCNCC2)CCc2cc(Br)ccc2C1. The average molecular weight is 353 g/mol. The van der Waals surface area contributed by atoms with Crippen molar-refractivity contribution in [3.8, 4) is 0 Å². The monoisotopic (exact) mass is 352 g/mol. The molecule has 0 radical (unpaired) electrons. The molecule has 1 aliphatic heterocycles. The molecular weight excluding hydrogens is 332 g/mol. The van der Waals surface area contributed by atoms with Gasteiger partial charge in [0.2, 0.25) is 0 Å². The first-order valence-electron chi connectivity index (χ1n) is 7.47. The van der Waals surface area contributed by atoms with Gasteiger partial charge in [0.1, 0.15) is 5.54 Å². The van der Waals surface area contributed by atoms with E-state index in [4.69, 9.17) is 4.74 Å². The molecule has 114 valence electrons. The highest BCUT2D eigenvalue weighted by atomic mass is 79.9. The third kappa shape index (κ3) is 2.74. The van der Waals surface area contributed by atoms with Gasteiger partial charge < -0.3 is 10.1 Å². The topological polar surface area (TPSA) is 41.6 Å². The first kappa shape index (κ1) is 15.0. The van der Waals surface area contributed by atoms with Gasteiger partial charge in [0.15, 0.2) is 0 Å². The summed E-state index contributed by atoms with van der Waals surface area (Å²) in [6.07, 6.45) is 2.51. The fraction of sp³-hybridized carbons (Fsp3) is 0.562. The number of halogens is 1. The summed E-state index contributed by atoms with van der Waals surface area (Å²) in [6, 6.07) is 6.37. The van der Waals surface area contributed by atoms with Crippen LogP contribution < -0.4 is 5.32 Å². The number of carbonyl (C=O) groups is 1. The van der Waals surface area contributed by atoms with Gasteiger partial charge in [0, 0.05) is 37.1 Å². The second kappa shape index (κ2) is 6.07. The number of methoxy groups -OCH3 is 1. The van der Waals surface area contributed by atoms with Crippen LogP contribution in [0, 0.1) is 0 Å². The molecule has 1 aliphatic carbocycles. The van der Waals surface area contributed by atoms with E-state index in [0.29, 0.717) is 0 Å². The molecule has 1 N–H and O–H groups in total. The summed E-state index contributed by atoms with van der Waals surface area (Å²) in [6.45, 7) is 3.68. The minimum Gasteiger partial charge on any atom is -0.468 e. The number of carbonyl (C=O) groups excluding carboxylic acids is 1. The summed E-state index contributed by atoms with van der Waals surface area (Å²) in [5.74, 6) is -0.0852. The zero-order valence-corrected chi connectivity index (χ0v) is 13.9. The summed E-state index contributed by atoms with van der Waals surface area (Å²) in [7, 11) is 1.50. The lowest BCUT2D eigenvalue weighted by atomic mass is 9.76. The van der Waals surface area contributed by atoms with Gasteiger partial charge in [-0.25, -0.2) is 0 Å². The standard InChI is InChI=1S/C16H21BrN2O2/c1-21-15(20)16(19-8-6-18-7-9-19)5-4-12-10-14(17)3-2-13(12)11-16/h2-3,10,18H,4-9,11H2,1H3. The van der Waals surface area contributed by atoms with Crippen molar-refractivity contribution in [1.29, 1.82) is 0 Å². The molecule has 1 heterocycles. The van der Waals surface area contributed by atoms with E-state index in [2.05, 4.69) is 44.3 Å². The fourth-order valence-corrected chi connectivity index (χ4v) is 4.01. The van der Waals surface area contributed by atoms with E-state index in [0.717, 1.165) is 49.9 Å². The highest BCUT2D eigenvalue weighted by molar-refractivity contribution is 9.10.